The molecule has 0 unspecified atom stereocenters. The molecule has 0 spiro atoms. The smallest absolute Gasteiger partial charge is 0.303 e. The fourth-order valence-electron chi connectivity index (χ4n) is 2.48. The Hall–Kier alpha value is -2.56. The average Bonchev–Trinajstić information content (AvgIpc) is 2.89. The maximum atomic E-state index is 10.8. The zero-order valence-electron chi connectivity index (χ0n) is 12.2. The van der Waals surface area contributed by atoms with Crippen LogP contribution in [0.3, 0.4) is 0 Å². The van der Waals surface area contributed by atoms with Gasteiger partial charge in [0, 0.05) is 24.4 Å². The Balaban J connectivity index is 2.24. The molecule has 1 aromatic heterocycles. The number of hydrogen-bond donors (Lipinski definition) is 2. The molecule has 1 heterocycles. The Labute approximate surface area is 128 Å². The van der Waals surface area contributed by atoms with Crippen LogP contribution in [0.2, 0.25) is 0 Å². The van der Waals surface area contributed by atoms with E-state index in [0.29, 0.717) is 19.4 Å². The topological polar surface area (TPSA) is 79.5 Å². The Morgan fingerprint density at radius 2 is 1.59 bits per heavy atom. The lowest BCUT2D eigenvalue weighted by Crippen LogP contribution is -2.08. The highest BCUT2D eigenvalue weighted by Crippen LogP contribution is 2.24. The third-order valence-corrected chi connectivity index (χ3v) is 3.51. The third kappa shape index (κ3) is 4.22. The summed E-state index contributed by atoms with van der Waals surface area (Å²) in [5, 5.41) is 17.6. The van der Waals surface area contributed by atoms with Crippen LogP contribution in [0.25, 0.3) is 11.3 Å². The minimum Gasteiger partial charge on any atom is -0.481 e. The number of nitrogens with zero attached hydrogens (tertiary/aromatic N) is 1. The van der Waals surface area contributed by atoms with Crippen molar-refractivity contribution in [2.24, 2.45) is 0 Å². The van der Waals surface area contributed by atoms with Gasteiger partial charge in [-0.3, -0.25) is 9.59 Å². The van der Waals surface area contributed by atoms with Gasteiger partial charge in [-0.1, -0.05) is 30.3 Å². The third-order valence-electron chi connectivity index (χ3n) is 3.51. The molecular formula is C17H19NO4. The second-order valence-electron chi connectivity index (χ2n) is 5.12. The molecule has 22 heavy (non-hydrogen) atoms. The molecule has 116 valence electrons. The summed E-state index contributed by atoms with van der Waals surface area (Å²) < 4.78 is 2.03. The number of carboxylic acid groups (broad SMARTS) is 2. The van der Waals surface area contributed by atoms with Crippen LogP contribution in [0, 0.1) is 0 Å². The van der Waals surface area contributed by atoms with E-state index in [0.717, 1.165) is 17.0 Å². The van der Waals surface area contributed by atoms with Crippen LogP contribution in [0.4, 0.5) is 0 Å². The van der Waals surface area contributed by atoms with Gasteiger partial charge in [0.15, 0.2) is 0 Å². The van der Waals surface area contributed by atoms with Gasteiger partial charge >= 0.3 is 11.9 Å². The lowest BCUT2D eigenvalue weighted by molar-refractivity contribution is -0.138. The van der Waals surface area contributed by atoms with E-state index >= 15 is 0 Å². The minimum atomic E-state index is -0.834. The Bertz CT molecular complexity index is 646. The van der Waals surface area contributed by atoms with Crippen molar-refractivity contribution in [3.8, 4) is 11.3 Å². The van der Waals surface area contributed by atoms with E-state index in [2.05, 4.69) is 0 Å². The number of rotatable bonds is 8. The number of aryl methyl sites for hydroxylation is 1. The second kappa shape index (κ2) is 7.45. The standard InChI is InChI=1S/C17H19NO4/c19-16(20)7-4-12-18-14(9-11-17(21)22)8-10-15(18)13-5-2-1-3-6-13/h1-3,5-6,8,10H,4,7,9,11-12H2,(H,19,20)(H,21,22). The van der Waals surface area contributed by atoms with Crippen molar-refractivity contribution >= 4 is 11.9 Å². The molecule has 2 N–H and O–H groups in total. The number of carboxylic acids is 2. The van der Waals surface area contributed by atoms with Crippen molar-refractivity contribution in [3.05, 3.63) is 48.2 Å². The summed E-state index contributed by atoms with van der Waals surface area (Å²) >= 11 is 0. The average molecular weight is 301 g/mol. The fraction of sp³-hybridized carbons (Fsp3) is 0.294. The summed E-state index contributed by atoms with van der Waals surface area (Å²) in [5.41, 5.74) is 2.96. The molecule has 0 bridgehead atoms. The first-order chi connectivity index (χ1) is 10.6. The predicted molar refractivity (Wildman–Crippen MR) is 82.7 cm³/mol. The maximum absolute atomic E-state index is 10.8. The van der Waals surface area contributed by atoms with E-state index in [1.54, 1.807) is 0 Å². The van der Waals surface area contributed by atoms with Crippen molar-refractivity contribution in [1.82, 2.24) is 4.57 Å². The van der Waals surface area contributed by atoms with E-state index in [9.17, 15) is 9.59 Å². The summed E-state index contributed by atoms with van der Waals surface area (Å²) in [6.07, 6.45) is 1.13. The van der Waals surface area contributed by atoms with Gasteiger partial charge in [-0.15, -0.1) is 0 Å². The van der Waals surface area contributed by atoms with Gasteiger partial charge < -0.3 is 14.8 Å². The van der Waals surface area contributed by atoms with Gasteiger partial charge in [0.1, 0.15) is 0 Å². The highest BCUT2D eigenvalue weighted by atomic mass is 16.4. The molecule has 2 aromatic rings. The Morgan fingerprint density at radius 1 is 0.909 bits per heavy atom. The summed E-state index contributed by atoms with van der Waals surface area (Å²) in [5.74, 6) is -1.65. The molecule has 5 heteroatoms. The van der Waals surface area contributed by atoms with Crippen molar-refractivity contribution in [2.75, 3.05) is 0 Å². The van der Waals surface area contributed by atoms with Crippen LogP contribution in [-0.4, -0.2) is 26.7 Å². The van der Waals surface area contributed by atoms with Gasteiger partial charge in [0.2, 0.25) is 0 Å². The van der Waals surface area contributed by atoms with Crippen molar-refractivity contribution in [3.63, 3.8) is 0 Å². The van der Waals surface area contributed by atoms with Crippen LogP contribution >= 0.6 is 0 Å². The molecule has 0 atom stereocenters. The second-order valence-corrected chi connectivity index (χ2v) is 5.12. The highest BCUT2D eigenvalue weighted by molar-refractivity contribution is 5.67. The zero-order chi connectivity index (χ0) is 15.9. The molecule has 0 fully saturated rings. The van der Waals surface area contributed by atoms with Crippen LogP contribution in [-0.2, 0) is 22.6 Å². The lowest BCUT2D eigenvalue weighted by Gasteiger charge is -2.13. The maximum Gasteiger partial charge on any atom is 0.303 e. The van der Waals surface area contributed by atoms with Gasteiger partial charge in [0.05, 0.1) is 6.42 Å². The molecule has 2 rings (SSSR count). The first kappa shape index (κ1) is 15.8. The van der Waals surface area contributed by atoms with E-state index < -0.39 is 11.9 Å². The van der Waals surface area contributed by atoms with Crippen LogP contribution in [0.5, 0.6) is 0 Å². The molecule has 0 radical (unpaired) electrons. The molecule has 0 aliphatic heterocycles. The number of aliphatic carboxylic acids is 2. The van der Waals surface area contributed by atoms with E-state index in [4.69, 9.17) is 10.2 Å². The molecule has 1 aromatic carbocycles. The highest BCUT2D eigenvalue weighted by Gasteiger charge is 2.11. The summed E-state index contributed by atoms with van der Waals surface area (Å²) in [4.78, 5) is 21.5. The zero-order valence-corrected chi connectivity index (χ0v) is 12.2. The molecule has 0 aliphatic carbocycles. The van der Waals surface area contributed by atoms with Crippen LogP contribution < -0.4 is 0 Å². The SMILES string of the molecule is O=C(O)CCCn1c(CCC(=O)O)ccc1-c1ccccc1. The molecule has 0 aliphatic rings. The van der Waals surface area contributed by atoms with Crippen molar-refractivity contribution < 1.29 is 19.8 Å². The number of hydrogen-bond acceptors (Lipinski definition) is 2. The fourth-order valence-corrected chi connectivity index (χ4v) is 2.48. The lowest BCUT2D eigenvalue weighted by atomic mass is 10.1. The summed E-state index contributed by atoms with van der Waals surface area (Å²) in [7, 11) is 0. The predicted octanol–water partition coefficient (Wildman–Crippen LogP) is 3.04. The van der Waals surface area contributed by atoms with E-state index in [1.807, 2.05) is 47.0 Å². The van der Waals surface area contributed by atoms with E-state index in [-0.39, 0.29) is 12.8 Å². The van der Waals surface area contributed by atoms with Gasteiger partial charge in [-0.05, 0) is 30.5 Å². The Morgan fingerprint density at radius 3 is 2.23 bits per heavy atom. The largest absolute Gasteiger partial charge is 0.481 e. The van der Waals surface area contributed by atoms with Gasteiger partial charge in [-0.2, -0.15) is 0 Å². The molecule has 0 saturated heterocycles. The van der Waals surface area contributed by atoms with Crippen LogP contribution in [0.15, 0.2) is 42.5 Å². The minimum absolute atomic E-state index is 0.0666. The first-order valence-corrected chi connectivity index (χ1v) is 7.25. The van der Waals surface area contributed by atoms with Crippen molar-refractivity contribution in [1.29, 1.82) is 0 Å². The quantitative estimate of drug-likeness (QED) is 0.785. The molecule has 5 nitrogen and oxygen atoms in total. The number of aromatic nitrogens is 1. The number of benzene rings is 1. The summed E-state index contributed by atoms with van der Waals surface area (Å²) in [6.45, 7) is 0.568. The molecular weight excluding hydrogens is 282 g/mol. The van der Waals surface area contributed by atoms with Crippen LogP contribution in [0.1, 0.15) is 25.0 Å². The summed E-state index contributed by atoms with van der Waals surface area (Å²) in [6, 6.07) is 13.7. The monoisotopic (exact) mass is 301 g/mol. The van der Waals surface area contributed by atoms with E-state index in [1.165, 1.54) is 0 Å². The van der Waals surface area contributed by atoms with Crippen molar-refractivity contribution in [2.45, 2.75) is 32.2 Å². The molecule has 0 amide bonds. The Kier molecular flexibility index (Phi) is 5.36. The van der Waals surface area contributed by atoms with Gasteiger partial charge in [-0.25, -0.2) is 0 Å². The van der Waals surface area contributed by atoms with Gasteiger partial charge in [0.25, 0.3) is 0 Å². The molecule has 0 saturated carbocycles. The first-order valence-electron chi connectivity index (χ1n) is 7.25. The number of carbonyl (C=O) groups is 2. The normalized spacial score (nSPS) is 10.5.